The average Bonchev–Trinajstić information content (AvgIpc) is 2.66. The Balaban J connectivity index is 1.91. The first kappa shape index (κ1) is 17.3. The highest BCUT2D eigenvalue weighted by Crippen LogP contribution is 2.35. The van der Waals surface area contributed by atoms with Crippen LogP contribution in [0.25, 0.3) is 11.1 Å². The molecule has 0 saturated heterocycles. The van der Waals surface area contributed by atoms with Gasteiger partial charge >= 0.3 is 0 Å². The van der Waals surface area contributed by atoms with Crippen LogP contribution >= 0.6 is 0 Å². The van der Waals surface area contributed by atoms with Gasteiger partial charge in [0.15, 0.2) is 0 Å². The molecule has 0 atom stereocenters. The summed E-state index contributed by atoms with van der Waals surface area (Å²) in [5.74, 6) is 0.0684. The molecule has 4 nitrogen and oxygen atoms in total. The number of benzene rings is 2. The molecular formula is C23H22N2O2. The van der Waals surface area contributed by atoms with Crippen LogP contribution in [-0.2, 0) is 24.7 Å². The van der Waals surface area contributed by atoms with Gasteiger partial charge in [-0.15, -0.1) is 0 Å². The number of hydrogen-bond acceptors (Lipinski definition) is 2. The van der Waals surface area contributed by atoms with Crippen molar-refractivity contribution in [3.8, 4) is 11.1 Å². The van der Waals surface area contributed by atoms with Gasteiger partial charge in [0.2, 0.25) is 5.91 Å². The van der Waals surface area contributed by atoms with Crippen molar-refractivity contribution >= 4 is 11.6 Å². The van der Waals surface area contributed by atoms with Gasteiger partial charge in [0.05, 0.1) is 0 Å². The van der Waals surface area contributed by atoms with Crippen LogP contribution in [-0.4, -0.2) is 10.5 Å². The molecule has 1 N–H and O–H groups in total. The Hall–Kier alpha value is -3.14. The maximum atomic E-state index is 12.1. The lowest BCUT2D eigenvalue weighted by Gasteiger charge is -2.23. The smallest absolute Gasteiger partial charge is 0.253 e. The van der Waals surface area contributed by atoms with Crippen molar-refractivity contribution in [3.63, 3.8) is 0 Å². The third kappa shape index (κ3) is 3.31. The van der Waals surface area contributed by atoms with Gasteiger partial charge in [-0.3, -0.25) is 9.59 Å². The molecule has 27 heavy (non-hydrogen) atoms. The van der Waals surface area contributed by atoms with E-state index in [1.54, 1.807) is 11.6 Å². The molecule has 0 radical (unpaired) electrons. The van der Waals surface area contributed by atoms with Crippen molar-refractivity contribution < 1.29 is 4.79 Å². The van der Waals surface area contributed by atoms with Crippen molar-refractivity contribution in [1.82, 2.24) is 4.57 Å². The topological polar surface area (TPSA) is 51.1 Å². The number of nitrogens with zero attached hydrogens (tertiary/aromatic N) is 1. The fourth-order valence-corrected chi connectivity index (χ4v) is 3.84. The van der Waals surface area contributed by atoms with Crippen LogP contribution in [0.15, 0.2) is 59.5 Å². The number of hydrogen-bond donors (Lipinski definition) is 1. The van der Waals surface area contributed by atoms with E-state index < -0.39 is 0 Å². The summed E-state index contributed by atoms with van der Waals surface area (Å²) in [6, 6.07) is 16.3. The van der Waals surface area contributed by atoms with E-state index >= 15 is 0 Å². The number of aryl methyl sites for hydroxylation is 2. The van der Waals surface area contributed by atoms with Gasteiger partial charge in [-0.1, -0.05) is 36.4 Å². The lowest BCUT2D eigenvalue weighted by atomic mass is 9.87. The average molecular weight is 358 g/mol. The Morgan fingerprint density at radius 2 is 1.81 bits per heavy atom. The second kappa shape index (κ2) is 6.88. The SMILES string of the molecule is Cc1cc(-c2ccc3c(c2Cc2ccccc2)CCC(=O)N3)cn(C)c1=O. The molecule has 0 spiro atoms. The van der Waals surface area contributed by atoms with Gasteiger partial charge in [0.25, 0.3) is 5.56 Å². The maximum Gasteiger partial charge on any atom is 0.253 e. The Morgan fingerprint density at radius 1 is 1.04 bits per heavy atom. The van der Waals surface area contributed by atoms with Crippen LogP contribution in [0.4, 0.5) is 5.69 Å². The molecule has 0 fully saturated rings. The quantitative estimate of drug-likeness (QED) is 0.773. The number of fused-ring (bicyclic) bond motifs is 1. The van der Waals surface area contributed by atoms with E-state index in [2.05, 4.69) is 23.5 Å². The zero-order valence-corrected chi connectivity index (χ0v) is 15.6. The summed E-state index contributed by atoms with van der Waals surface area (Å²) in [5.41, 5.74) is 7.44. The first-order valence-corrected chi connectivity index (χ1v) is 9.19. The molecule has 0 bridgehead atoms. The van der Waals surface area contributed by atoms with Crippen LogP contribution < -0.4 is 10.9 Å². The van der Waals surface area contributed by atoms with Crippen molar-refractivity contribution in [1.29, 1.82) is 0 Å². The highest BCUT2D eigenvalue weighted by atomic mass is 16.1. The number of amides is 1. The van der Waals surface area contributed by atoms with E-state index in [0.717, 1.165) is 35.2 Å². The first-order valence-electron chi connectivity index (χ1n) is 9.19. The van der Waals surface area contributed by atoms with Crippen LogP contribution in [0, 0.1) is 6.92 Å². The van der Waals surface area contributed by atoms with Gasteiger partial charge in [0, 0.05) is 30.9 Å². The number of nitrogens with one attached hydrogen (secondary N) is 1. The molecule has 2 aromatic carbocycles. The monoisotopic (exact) mass is 358 g/mol. The molecule has 1 aromatic heterocycles. The first-order chi connectivity index (χ1) is 13.0. The zero-order valence-electron chi connectivity index (χ0n) is 15.6. The summed E-state index contributed by atoms with van der Waals surface area (Å²) in [6.45, 7) is 1.85. The van der Waals surface area contributed by atoms with E-state index in [0.29, 0.717) is 6.42 Å². The Kier molecular flexibility index (Phi) is 4.40. The number of carbonyl (C=O) groups is 1. The normalized spacial score (nSPS) is 13.2. The fourth-order valence-electron chi connectivity index (χ4n) is 3.84. The van der Waals surface area contributed by atoms with Crippen molar-refractivity contribution in [3.05, 3.63) is 87.3 Å². The lowest BCUT2D eigenvalue weighted by Crippen LogP contribution is -2.21. The minimum absolute atomic E-state index is 0.0218. The van der Waals surface area contributed by atoms with Crippen molar-refractivity contribution in [2.24, 2.45) is 7.05 Å². The predicted octanol–water partition coefficient (Wildman–Crippen LogP) is 3.84. The maximum absolute atomic E-state index is 12.1. The largest absolute Gasteiger partial charge is 0.326 e. The van der Waals surface area contributed by atoms with Gasteiger partial charge < -0.3 is 9.88 Å². The number of anilines is 1. The summed E-state index contributed by atoms with van der Waals surface area (Å²) in [6.07, 6.45) is 3.93. The highest BCUT2D eigenvalue weighted by Gasteiger charge is 2.21. The second-order valence-electron chi connectivity index (χ2n) is 7.16. The molecule has 1 aliphatic rings. The molecule has 3 aromatic rings. The van der Waals surface area contributed by atoms with Gasteiger partial charge in [-0.05, 0) is 59.7 Å². The van der Waals surface area contributed by atoms with Crippen LogP contribution in [0.5, 0.6) is 0 Å². The number of aromatic nitrogens is 1. The predicted molar refractivity (Wildman–Crippen MR) is 108 cm³/mol. The molecule has 2 heterocycles. The molecule has 1 aliphatic heterocycles. The van der Waals surface area contributed by atoms with E-state index in [4.69, 9.17) is 0 Å². The van der Waals surface area contributed by atoms with E-state index in [1.165, 1.54) is 16.7 Å². The van der Waals surface area contributed by atoms with Crippen LogP contribution in [0.3, 0.4) is 0 Å². The summed E-state index contributed by atoms with van der Waals surface area (Å²) in [5, 5.41) is 3.00. The van der Waals surface area contributed by atoms with Gasteiger partial charge in [0.1, 0.15) is 0 Å². The van der Waals surface area contributed by atoms with E-state index in [-0.39, 0.29) is 11.5 Å². The Morgan fingerprint density at radius 3 is 2.56 bits per heavy atom. The van der Waals surface area contributed by atoms with Gasteiger partial charge in [-0.2, -0.15) is 0 Å². The molecule has 0 unspecified atom stereocenters. The van der Waals surface area contributed by atoms with E-state index in [1.807, 2.05) is 43.5 Å². The lowest BCUT2D eigenvalue weighted by molar-refractivity contribution is -0.116. The highest BCUT2D eigenvalue weighted by molar-refractivity contribution is 5.95. The number of pyridine rings is 1. The Bertz CT molecular complexity index is 1060. The third-order valence-electron chi connectivity index (χ3n) is 5.20. The molecule has 4 rings (SSSR count). The third-order valence-corrected chi connectivity index (χ3v) is 5.20. The number of rotatable bonds is 3. The minimum atomic E-state index is 0.0218. The summed E-state index contributed by atoms with van der Waals surface area (Å²) >= 11 is 0. The van der Waals surface area contributed by atoms with Crippen molar-refractivity contribution in [2.45, 2.75) is 26.2 Å². The molecule has 0 saturated carbocycles. The second-order valence-corrected chi connectivity index (χ2v) is 7.16. The molecular weight excluding hydrogens is 336 g/mol. The summed E-state index contributed by atoms with van der Waals surface area (Å²) < 4.78 is 1.64. The van der Waals surface area contributed by atoms with Crippen LogP contribution in [0.1, 0.15) is 28.7 Å². The fraction of sp³-hybridized carbons (Fsp3) is 0.217. The van der Waals surface area contributed by atoms with E-state index in [9.17, 15) is 9.59 Å². The van der Waals surface area contributed by atoms with Crippen molar-refractivity contribution in [2.75, 3.05) is 5.32 Å². The molecule has 1 amide bonds. The number of carbonyl (C=O) groups excluding carboxylic acids is 1. The van der Waals surface area contributed by atoms with Gasteiger partial charge in [-0.25, -0.2) is 0 Å². The summed E-state index contributed by atoms with van der Waals surface area (Å²) in [4.78, 5) is 23.9. The Labute approximate surface area is 158 Å². The molecule has 0 aliphatic carbocycles. The molecule has 136 valence electrons. The van der Waals surface area contributed by atoms with Crippen LogP contribution in [0.2, 0.25) is 0 Å². The zero-order chi connectivity index (χ0) is 19.0. The summed E-state index contributed by atoms with van der Waals surface area (Å²) in [7, 11) is 1.79. The molecule has 4 heteroatoms. The standard InChI is InChI=1S/C23H22N2O2/c1-15-12-17(14-25(2)23(15)27)18-8-10-21-19(9-11-22(26)24-21)20(18)13-16-6-4-3-5-7-16/h3-8,10,12,14H,9,11,13H2,1-2H3,(H,24,26). The minimum Gasteiger partial charge on any atom is -0.326 e.